The van der Waals surface area contributed by atoms with Crippen molar-refractivity contribution in [2.75, 3.05) is 7.11 Å². The number of rotatable bonds is 3. The van der Waals surface area contributed by atoms with Crippen molar-refractivity contribution in [3.63, 3.8) is 0 Å². The highest BCUT2D eigenvalue weighted by molar-refractivity contribution is 5.82. The van der Waals surface area contributed by atoms with Crippen molar-refractivity contribution in [3.8, 4) is 0 Å². The molecule has 4 nitrogen and oxygen atoms in total. The lowest BCUT2D eigenvalue weighted by Gasteiger charge is -2.04. The molecule has 0 aliphatic carbocycles. The summed E-state index contributed by atoms with van der Waals surface area (Å²) in [6.07, 6.45) is 1.84. The second-order valence-corrected chi connectivity index (χ2v) is 3.57. The Balaban J connectivity index is 2.41. The van der Waals surface area contributed by atoms with E-state index in [1.165, 1.54) is 7.11 Å². The molecule has 1 aromatic carbocycles. The molecule has 0 atom stereocenters. The van der Waals surface area contributed by atoms with E-state index in [1.807, 2.05) is 30.5 Å². The Morgan fingerprint density at radius 2 is 2.25 bits per heavy atom. The lowest BCUT2D eigenvalue weighted by molar-refractivity contribution is -0.141. The number of fused-ring (bicyclic) bond motifs is 1. The molecule has 0 spiro atoms. The van der Waals surface area contributed by atoms with Crippen molar-refractivity contribution >= 4 is 16.9 Å². The molecule has 84 valence electrons. The molecule has 1 heterocycles. The number of ether oxygens (including phenoxy) is 1. The molecule has 16 heavy (non-hydrogen) atoms. The predicted octanol–water partition coefficient (Wildman–Crippen LogP) is 1.31. The Bertz CT molecular complexity index is 516. The molecule has 1 N–H and O–H groups in total. The Hall–Kier alpha value is -1.81. The van der Waals surface area contributed by atoms with Gasteiger partial charge in [0.25, 0.3) is 0 Å². The monoisotopic (exact) mass is 219 g/mol. The SMILES string of the molecule is COC(=O)Cn1ccc2ccc(CO)cc21. The number of carbonyl (C=O) groups excluding carboxylic acids is 1. The summed E-state index contributed by atoms with van der Waals surface area (Å²) in [6.45, 7) is 0.189. The maximum absolute atomic E-state index is 11.2. The first-order valence-electron chi connectivity index (χ1n) is 5.00. The van der Waals surface area contributed by atoms with Gasteiger partial charge in [-0.15, -0.1) is 0 Å². The standard InChI is InChI=1S/C12H13NO3/c1-16-12(15)7-13-5-4-10-3-2-9(8-14)6-11(10)13/h2-6,14H,7-8H2,1H3. The van der Waals surface area contributed by atoms with Gasteiger partial charge in [0, 0.05) is 11.7 Å². The number of carbonyl (C=O) groups is 1. The average molecular weight is 219 g/mol. The summed E-state index contributed by atoms with van der Waals surface area (Å²) in [5.74, 6) is -0.285. The van der Waals surface area contributed by atoms with Crippen LogP contribution in [-0.4, -0.2) is 22.8 Å². The minimum atomic E-state index is -0.285. The second kappa shape index (κ2) is 4.37. The maximum Gasteiger partial charge on any atom is 0.325 e. The first-order chi connectivity index (χ1) is 7.74. The summed E-state index contributed by atoms with van der Waals surface area (Å²) >= 11 is 0. The van der Waals surface area contributed by atoms with Gasteiger partial charge in [-0.2, -0.15) is 0 Å². The molecular formula is C12H13NO3. The van der Waals surface area contributed by atoms with E-state index in [0.717, 1.165) is 16.5 Å². The maximum atomic E-state index is 11.2. The van der Waals surface area contributed by atoms with Gasteiger partial charge in [0.1, 0.15) is 6.54 Å². The number of benzene rings is 1. The molecule has 0 saturated carbocycles. The molecule has 4 heteroatoms. The fraction of sp³-hybridized carbons (Fsp3) is 0.250. The molecular weight excluding hydrogens is 206 g/mol. The third kappa shape index (κ3) is 1.92. The molecule has 2 aromatic rings. The normalized spacial score (nSPS) is 10.6. The Kier molecular flexibility index (Phi) is 2.92. The lowest BCUT2D eigenvalue weighted by Crippen LogP contribution is -2.10. The van der Waals surface area contributed by atoms with E-state index in [9.17, 15) is 4.79 Å². The van der Waals surface area contributed by atoms with Crippen LogP contribution < -0.4 is 0 Å². The average Bonchev–Trinajstić information content (AvgIpc) is 2.71. The third-order valence-electron chi connectivity index (χ3n) is 2.55. The molecule has 0 fully saturated rings. The van der Waals surface area contributed by atoms with Gasteiger partial charge in [0.2, 0.25) is 0 Å². The first-order valence-corrected chi connectivity index (χ1v) is 5.00. The van der Waals surface area contributed by atoms with E-state index in [0.29, 0.717) is 0 Å². The summed E-state index contributed by atoms with van der Waals surface area (Å²) in [5.41, 5.74) is 1.76. The molecule has 0 aliphatic rings. The van der Waals surface area contributed by atoms with Crippen LogP contribution in [-0.2, 0) is 22.7 Å². The minimum Gasteiger partial charge on any atom is -0.468 e. The number of aliphatic hydroxyl groups is 1. The highest BCUT2D eigenvalue weighted by Gasteiger charge is 2.06. The molecule has 0 aliphatic heterocycles. The van der Waals surface area contributed by atoms with E-state index >= 15 is 0 Å². The number of aliphatic hydroxyl groups excluding tert-OH is 1. The van der Waals surface area contributed by atoms with E-state index in [4.69, 9.17) is 5.11 Å². The molecule has 1 aromatic heterocycles. The fourth-order valence-electron chi connectivity index (χ4n) is 1.67. The van der Waals surface area contributed by atoms with E-state index in [1.54, 1.807) is 4.57 Å². The van der Waals surface area contributed by atoms with Crippen molar-refractivity contribution < 1.29 is 14.6 Å². The number of hydrogen-bond acceptors (Lipinski definition) is 3. The number of nitrogens with zero attached hydrogens (tertiary/aromatic N) is 1. The van der Waals surface area contributed by atoms with Crippen LogP contribution in [0.25, 0.3) is 10.9 Å². The Labute approximate surface area is 93.1 Å². The zero-order valence-corrected chi connectivity index (χ0v) is 9.01. The minimum absolute atomic E-state index is 0.000651. The van der Waals surface area contributed by atoms with Gasteiger partial charge < -0.3 is 14.4 Å². The molecule has 2 rings (SSSR count). The Morgan fingerprint density at radius 3 is 2.94 bits per heavy atom. The van der Waals surface area contributed by atoms with Gasteiger partial charge >= 0.3 is 5.97 Å². The van der Waals surface area contributed by atoms with E-state index in [2.05, 4.69) is 4.74 Å². The van der Waals surface area contributed by atoms with Crippen molar-refractivity contribution in [3.05, 3.63) is 36.0 Å². The molecule has 0 radical (unpaired) electrons. The van der Waals surface area contributed by atoms with Crippen LogP contribution in [0.5, 0.6) is 0 Å². The topological polar surface area (TPSA) is 51.5 Å². The van der Waals surface area contributed by atoms with Crippen molar-refractivity contribution in [1.82, 2.24) is 4.57 Å². The third-order valence-corrected chi connectivity index (χ3v) is 2.55. The van der Waals surface area contributed by atoms with Crippen LogP contribution in [0.3, 0.4) is 0 Å². The van der Waals surface area contributed by atoms with Crippen LogP contribution in [0, 0.1) is 0 Å². The first kappa shape index (κ1) is 10.7. The van der Waals surface area contributed by atoms with E-state index in [-0.39, 0.29) is 19.1 Å². The highest BCUT2D eigenvalue weighted by atomic mass is 16.5. The Morgan fingerprint density at radius 1 is 1.44 bits per heavy atom. The fourth-order valence-corrected chi connectivity index (χ4v) is 1.67. The zero-order chi connectivity index (χ0) is 11.5. The van der Waals surface area contributed by atoms with Gasteiger partial charge in [-0.05, 0) is 23.1 Å². The molecule has 0 saturated heterocycles. The van der Waals surface area contributed by atoms with Gasteiger partial charge in [-0.1, -0.05) is 12.1 Å². The second-order valence-electron chi connectivity index (χ2n) is 3.57. The summed E-state index contributed by atoms with van der Waals surface area (Å²) in [6, 6.07) is 7.59. The largest absolute Gasteiger partial charge is 0.468 e. The van der Waals surface area contributed by atoms with Crippen LogP contribution in [0.15, 0.2) is 30.5 Å². The summed E-state index contributed by atoms with van der Waals surface area (Å²) in [7, 11) is 1.37. The molecule has 0 bridgehead atoms. The van der Waals surface area contributed by atoms with E-state index < -0.39 is 0 Å². The number of methoxy groups -OCH3 is 1. The molecule has 0 amide bonds. The highest BCUT2D eigenvalue weighted by Crippen LogP contribution is 2.17. The summed E-state index contributed by atoms with van der Waals surface area (Å²) < 4.78 is 6.43. The number of esters is 1. The summed E-state index contributed by atoms with van der Waals surface area (Å²) in [5, 5.41) is 10.1. The van der Waals surface area contributed by atoms with Gasteiger partial charge in [-0.25, -0.2) is 0 Å². The van der Waals surface area contributed by atoms with Crippen LogP contribution >= 0.6 is 0 Å². The lowest BCUT2D eigenvalue weighted by atomic mass is 10.2. The summed E-state index contributed by atoms with van der Waals surface area (Å²) in [4.78, 5) is 11.2. The van der Waals surface area contributed by atoms with Crippen molar-refractivity contribution in [2.24, 2.45) is 0 Å². The quantitative estimate of drug-likeness (QED) is 0.792. The van der Waals surface area contributed by atoms with Gasteiger partial charge in [0.05, 0.1) is 13.7 Å². The van der Waals surface area contributed by atoms with Crippen LogP contribution in [0.1, 0.15) is 5.56 Å². The van der Waals surface area contributed by atoms with Gasteiger partial charge in [-0.3, -0.25) is 4.79 Å². The number of hydrogen-bond donors (Lipinski definition) is 1. The van der Waals surface area contributed by atoms with Crippen molar-refractivity contribution in [1.29, 1.82) is 0 Å². The van der Waals surface area contributed by atoms with Crippen molar-refractivity contribution in [2.45, 2.75) is 13.2 Å². The van der Waals surface area contributed by atoms with Crippen LogP contribution in [0.2, 0.25) is 0 Å². The van der Waals surface area contributed by atoms with Gasteiger partial charge in [0.15, 0.2) is 0 Å². The predicted molar refractivity (Wildman–Crippen MR) is 59.9 cm³/mol. The smallest absolute Gasteiger partial charge is 0.325 e. The number of aromatic nitrogens is 1. The van der Waals surface area contributed by atoms with Crippen LogP contribution in [0.4, 0.5) is 0 Å². The zero-order valence-electron chi connectivity index (χ0n) is 9.01. The molecule has 0 unspecified atom stereocenters.